The van der Waals surface area contributed by atoms with Crippen LogP contribution in [-0.2, 0) is 4.79 Å². The number of carbonyl (C=O) groups excluding carboxylic acids is 1. The van der Waals surface area contributed by atoms with E-state index in [4.69, 9.17) is 5.73 Å². The van der Waals surface area contributed by atoms with Gasteiger partial charge in [-0.2, -0.15) is 0 Å². The van der Waals surface area contributed by atoms with E-state index in [1.54, 1.807) is 0 Å². The van der Waals surface area contributed by atoms with E-state index in [2.05, 4.69) is 48.3 Å². The average Bonchev–Trinajstić information content (AvgIpc) is 2.61. The first-order chi connectivity index (χ1) is 11.1. The quantitative estimate of drug-likeness (QED) is 0.697. The van der Waals surface area contributed by atoms with Crippen molar-refractivity contribution in [1.29, 1.82) is 0 Å². The Morgan fingerprint density at radius 2 is 1.70 bits per heavy atom. The van der Waals surface area contributed by atoms with Gasteiger partial charge in [0.1, 0.15) is 0 Å². The number of nitrogens with two attached hydrogens (primary N) is 1. The molecule has 1 aromatic rings. The predicted octanol–water partition coefficient (Wildman–Crippen LogP) is 2.95. The highest BCUT2D eigenvalue weighted by atomic mass is 16.2. The van der Waals surface area contributed by atoms with E-state index in [1.807, 2.05) is 19.9 Å². The van der Waals surface area contributed by atoms with Gasteiger partial charge in [-0.3, -0.25) is 9.69 Å². The van der Waals surface area contributed by atoms with Gasteiger partial charge in [0.05, 0.1) is 11.5 Å². The molecule has 0 spiro atoms. The zero-order valence-electron chi connectivity index (χ0n) is 15.1. The molecule has 1 atom stereocenters. The van der Waals surface area contributed by atoms with Crippen molar-refractivity contribution in [2.45, 2.75) is 46.6 Å². The Hall–Kier alpha value is -1.39. The topological polar surface area (TPSA) is 58.4 Å². The van der Waals surface area contributed by atoms with Crippen molar-refractivity contribution >= 4 is 5.91 Å². The minimum Gasteiger partial charge on any atom is -0.354 e. The van der Waals surface area contributed by atoms with E-state index >= 15 is 0 Å². The third-order valence-corrected chi connectivity index (χ3v) is 5.12. The highest BCUT2D eigenvalue weighted by molar-refractivity contribution is 5.82. The summed E-state index contributed by atoms with van der Waals surface area (Å²) in [7, 11) is 0. The number of likely N-dealkylation sites (N-methyl/N-ethyl adjacent to an activating group) is 1. The Labute approximate surface area is 141 Å². The number of hydrogen-bond acceptors (Lipinski definition) is 3. The summed E-state index contributed by atoms with van der Waals surface area (Å²) in [4.78, 5) is 15.1. The maximum Gasteiger partial charge on any atom is 0.227 e. The van der Waals surface area contributed by atoms with Crippen LogP contribution in [0.2, 0.25) is 0 Å². The Kier molecular flexibility index (Phi) is 8.28. The molecular formula is C19H33N3O. The van der Waals surface area contributed by atoms with Gasteiger partial charge in [-0.15, -0.1) is 0 Å². The van der Waals surface area contributed by atoms with Crippen LogP contribution in [0, 0.1) is 5.41 Å². The summed E-state index contributed by atoms with van der Waals surface area (Å²) in [5.74, 6) is 0.0816. The molecule has 4 nitrogen and oxygen atoms in total. The third kappa shape index (κ3) is 4.79. The maximum atomic E-state index is 12.7. The standard InChI is InChI=1S/C19H33N3O/c1-5-19(6-2,15-20)18(23)21-14-17(22(7-3)8-4)16-12-10-9-11-13-16/h9-13,17H,5-8,14-15,20H2,1-4H3,(H,21,23). The zero-order chi connectivity index (χ0) is 17.3. The molecule has 0 saturated carbocycles. The first-order valence-electron chi connectivity index (χ1n) is 8.85. The molecule has 1 amide bonds. The molecule has 0 fully saturated rings. The van der Waals surface area contributed by atoms with Crippen LogP contribution in [0.5, 0.6) is 0 Å². The Morgan fingerprint density at radius 1 is 1.13 bits per heavy atom. The summed E-state index contributed by atoms with van der Waals surface area (Å²) < 4.78 is 0. The maximum absolute atomic E-state index is 12.7. The average molecular weight is 319 g/mol. The normalized spacial score (nSPS) is 13.1. The number of nitrogens with zero attached hydrogens (tertiary/aromatic N) is 1. The lowest BCUT2D eigenvalue weighted by molar-refractivity contribution is -0.131. The Balaban J connectivity index is 2.88. The van der Waals surface area contributed by atoms with Crippen LogP contribution in [0.3, 0.4) is 0 Å². The smallest absolute Gasteiger partial charge is 0.227 e. The van der Waals surface area contributed by atoms with Crippen LogP contribution in [0.15, 0.2) is 30.3 Å². The lowest BCUT2D eigenvalue weighted by Crippen LogP contribution is -2.48. The lowest BCUT2D eigenvalue weighted by atomic mass is 9.81. The number of amides is 1. The van der Waals surface area contributed by atoms with Crippen molar-refractivity contribution < 1.29 is 4.79 Å². The Morgan fingerprint density at radius 3 is 2.13 bits per heavy atom. The van der Waals surface area contributed by atoms with Crippen LogP contribution in [0.4, 0.5) is 0 Å². The fourth-order valence-electron chi connectivity index (χ4n) is 3.13. The molecule has 0 aliphatic rings. The molecule has 0 heterocycles. The van der Waals surface area contributed by atoms with Crippen molar-refractivity contribution in [3.05, 3.63) is 35.9 Å². The van der Waals surface area contributed by atoms with Gasteiger partial charge in [0.2, 0.25) is 5.91 Å². The SMILES string of the molecule is CCN(CC)C(CNC(=O)C(CC)(CC)CN)c1ccccc1. The molecular weight excluding hydrogens is 286 g/mol. The number of rotatable bonds is 10. The molecule has 130 valence electrons. The van der Waals surface area contributed by atoms with E-state index in [-0.39, 0.29) is 11.9 Å². The first-order valence-corrected chi connectivity index (χ1v) is 8.85. The van der Waals surface area contributed by atoms with Gasteiger partial charge in [-0.05, 0) is 31.5 Å². The Bertz CT molecular complexity index is 445. The fourth-order valence-corrected chi connectivity index (χ4v) is 3.13. The van der Waals surface area contributed by atoms with Gasteiger partial charge in [0, 0.05) is 13.1 Å². The molecule has 1 rings (SSSR count). The molecule has 23 heavy (non-hydrogen) atoms. The van der Waals surface area contributed by atoms with Gasteiger partial charge in [0.15, 0.2) is 0 Å². The van der Waals surface area contributed by atoms with Gasteiger partial charge in [0.25, 0.3) is 0 Å². The third-order valence-electron chi connectivity index (χ3n) is 5.12. The van der Waals surface area contributed by atoms with Gasteiger partial charge in [-0.1, -0.05) is 58.0 Å². The second kappa shape index (κ2) is 9.68. The molecule has 0 radical (unpaired) electrons. The molecule has 0 aliphatic heterocycles. The molecule has 3 N–H and O–H groups in total. The van der Waals surface area contributed by atoms with E-state index in [1.165, 1.54) is 5.56 Å². The van der Waals surface area contributed by atoms with Crippen LogP contribution in [0.1, 0.15) is 52.1 Å². The molecule has 0 saturated heterocycles. The molecule has 0 bridgehead atoms. The zero-order valence-corrected chi connectivity index (χ0v) is 15.1. The summed E-state index contributed by atoms with van der Waals surface area (Å²) in [5, 5.41) is 3.16. The van der Waals surface area contributed by atoms with Crippen LogP contribution in [0.25, 0.3) is 0 Å². The lowest BCUT2D eigenvalue weighted by Gasteiger charge is -2.33. The highest BCUT2D eigenvalue weighted by Crippen LogP contribution is 2.26. The van der Waals surface area contributed by atoms with Crippen LogP contribution < -0.4 is 11.1 Å². The molecule has 1 unspecified atom stereocenters. The summed E-state index contributed by atoms with van der Waals surface area (Å²) in [6.45, 7) is 11.3. The van der Waals surface area contributed by atoms with Crippen molar-refractivity contribution in [2.24, 2.45) is 11.1 Å². The minimum absolute atomic E-state index is 0.0816. The van der Waals surface area contributed by atoms with Crippen LogP contribution >= 0.6 is 0 Å². The highest BCUT2D eigenvalue weighted by Gasteiger charge is 2.33. The van der Waals surface area contributed by atoms with Crippen molar-refractivity contribution in [1.82, 2.24) is 10.2 Å². The van der Waals surface area contributed by atoms with E-state index in [0.29, 0.717) is 13.1 Å². The number of hydrogen-bond donors (Lipinski definition) is 2. The van der Waals surface area contributed by atoms with Crippen molar-refractivity contribution in [2.75, 3.05) is 26.2 Å². The number of benzene rings is 1. The number of carbonyl (C=O) groups is 1. The van der Waals surface area contributed by atoms with E-state index in [9.17, 15) is 4.79 Å². The summed E-state index contributed by atoms with van der Waals surface area (Å²) in [6, 6.07) is 10.6. The monoisotopic (exact) mass is 319 g/mol. The van der Waals surface area contributed by atoms with E-state index in [0.717, 1.165) is 25.9 Å². The van der Waals surface area contributed by atoms with Gasteiger partial charge in [-0.25, -0.2) is 0 Å². The molecule has 4 heteroatoms. The van der Waals surface area contributed by atoms with Crippen LogP contribution in [-0.4, -0.2) is 37.0 Å². The van der Waals surface area contributed by atoms with E-state index < -0.39 is 5.41 Å². The summed E-state index contributed by atoms with van der Waals surface area (Å²) in [5.41, 5.74) is 6.69. The van der Waals surface area contributed by atoms with Gasteiger partial charge >= 0.3 is 0 Å². The summed E-state index contributed by atoms with van der Waals surface area (Å²) >= 11 is 0. The molecule has 1 aromatic carbocycles. The fraction of sp³-hybridized carbons (Fsp3) is 0.632. The second-order valence-corrected chi connectivity index (χ2v) is 6.05. The minimum atomic E-state index is -0.440. The first kappa shape index (κ1) is 19.7. The molecule has 0 aromatic heterocycles. The molecule has 0 aliphatic carbocycles. The number of nitrogens with one attached hydrogen (secondary N) is 1. The largest absolute Gasteiger partial charge is 0.354 e. The summed E-state index contributed by atoms with van der Waals surface area (Å²) in [6.07, 6.45) is 1.54. The second-order valence-electron chi connectivity index (χ2n) is 6.05. The van der Waals surface area contributed by atoms with Crippen molar-refractivity contribution in [3.63, 3.8) is 0 Å². The predicted molar refractivity (Wildman–Crippen MR) is 97.2 cm³/mol. The van der Waals surface area contributed by atoms with Gasteiger partial charge < -0.3 is 11.1 Å². The van der Waals surface area contributed by atoms with Crippen molar-refractivity contribution in [3.8, 4) is 0 Å².